The lowest BCUT2D eigenvalue weighted by atomic mass is 10.1. The van der Waals surface area contributed by atoms with E-state index in [4.69, 9.17) is 11.6 Å². The van der Waals surface area contributed by atoms with Gasteiger partial charge in [-0.25, -0.2) is 0 Å². The summed E-state index contributed by atoms with van der Waals surface area (Å²) < 4.78 is 0. The molecule has 0 aromatic heterocycles. The molecule has 1 aromatic rings. The van der Waals surface area contributed by atoms with Gasteiger partial charge in [-0.3, -0.25) is 4.79 Å². The molecule has 0 saturated carbocycles. The van der Waals surface area contributed by atoms with Gasteiger partial charge in [-0.2, -0.15) is 0 Å². The molecule has 0 aliphatic rings. The van der Waals surface area contributed by atoms with Crippen molar-refractivity contribution >= 4 is 23.2 Å². The summed E-state index contributed by atoms with van der Waals surface area (Å²) in [6.07, 6.45) is 0.925. The van der Waals surface area contributed by atoms with Gasteiger partial charge in [0.15, 0.2) is 0 Å². The van der Waals surface area contributed by atoms with Crippen LogP contribution in [0.3, 0.4) is 0 Å². The third-order valence-corrected chi connectivity index (χ3v) is 3.20. The molecular weight excluding hydrogens is 248 g/mol. The van der Waals surface area contributed by atoms with Crippen LogP contribution in [0.25, 0.3) is 0 Å². The highest BCUT2D eigenvalue weighted by atomic mass is 35.5. The monoisotopic (exact) mass is 268 g/mol. The fraction of sp³-hybridized carbons (Fsp3) is 0.500. The van der Waals surface area contributed by atoms with Crippen molar-refractivity contribution in [3.8, 4) is 0 Å². The van der Waals surface area contributed by atoms with Gasteiger partial charge in [0.1, 0.15) is 6.04 Å². The number of carbonyl (C=O) groups is 1. The topological polar surface area (TPSA) is 41.1 Å². The van der Waals surface area contributed by atoms with Crippen molar-refractivity contribution in [2.75, 3.05) is 5.32 Å². The number of rotatable bonds is 5. The Kier molecular flexibility index (Phi) is 5.48. The Balaban J connectivity index is 2.66. The number of aryl methyl sites for hydroxylation is 1. The van der Waals surface area contributed by atoms with Crippen molar-refractivity contribution in [2.45, 2.75) is 46.2 Å². The summed E-state index contributed by atoms with van der Waals surface area (Å²) in [7, 11) is 0. The first-order chi connectivity index (χ1) is 8.43. The van der Waals surface area contributed by atoms with E-state index in [1.54, 1.807) is 0 Å². The molecule has 1 amide bonds. The van der Waals surface area contributed by atoms with Crippen molar-refractivity contribution in [2.24, 2.45) is 0 Å². The third-order valence-electron chi connectivity index (χ3n) is 2.97. The molecule has 1 rings (SSSR count). The highest BCUT2D eigenvalue weighted by molar-refractivity contribution is 6.30. The van der Waals surface area contributed by atoms with Crippen LogP contribution < -0.4 is 10.6 Å². The van der Waals surface area contributed by atoms with E-state index in [1.165, 1.54) is 0 Å². The van der Waals surface area contributed by atoms with Crippen LogP contribution in [0.2, 0.25) is 5.02 Å². The highest BCUT2D eigenvalue weighted by Gasteiger charge is 2.15. The molecule has 2 atom stereocenters. The average molecular weight is 269 g/mol. The molecule has 0 heterocycles. The number of carbonyl (C=O) groups excluding carboxylic acids is 1. The smallest absolute Gasteiger partial charge is 0.242 e. The zero-order valence-corrected chi connectivity index (χ0v) is 12.1. The largest absolute Gasteiger partial charge is 0.374 e. The molecule has 0 aliphatic carbocycles. The second-order valence-corrected chi connectivity index (χ2v) is 5.08. The van der Waals surface area contributed by atoms with Gasteiger partial charge in [0.2, 0.25) is 5.91 Å². The lowest BCUT2D eigenvalue weighted by molar-refractivity contribution is -0.122. The van der Waals surface area contributed by atoms with Crippen LogP contribution in [0.5, 0.6) is 0 Å². The maximum absolute atomic E-state index is 11.9. The summed E-state index contributed by atoms with van der Waals surface area (Å²) in [4.78, 5) is 11.9. The van der Waals surface area contributed by atoms with Gasteiger partial charge in [0, 0.05) is 16.8 Å². The van der Waals surface area contributed by atoms with Gasteiger partial charge >= 0.3 is 0 Å². The zero-order valence-electron chi connectivity index (χ0n) is 11.4. The molecular formula is C14H21ClN2O. The Bertz CT molecular complexity index is 420. The van der Waals surface area contributed by atoms with E-state index in [-0.39, 0.29) is 18.0 Å². The van der Waals surface area contributed by atoms with E-state index in [9.17, 15) is 4.79 Å². The van der Waals surface area contributed by atoms with Crippen LogP contribution in [-0.4, -0.2) is 18.0 Å². The predicted octanol–water partition coefficient (Wildman–Crippen LogP) is 3.36. The van der Waals surface area contributed by atoms with Gasteiger partial charge in [0.05, 0.1) is 0 Å². The van der Waals surface area contributed by atoms with E-state index < -0.39 is 0 Å². The molecule has 0 fully saturated rings. The normalized spacial score (nSPS) is 13.8. The van der Waals surface area contributed by atoms with E-state index in [1.807, 2.05) is 45.9 Å². The number of hydrogen-bond donors (Lipinski definition) is 2. The molecule has 0 aliphatic heterocycles. The minimum atomic E-state index is -0.281. The van der Waals surface area contributed by atoms with Gasteiger partial charge in [-0.15, -0.1) is 0 Å². The first-order valence-electron chi connectivity index (χ1n) is 6.27. The summed E-state index contributed by atoms with van der Waals surface area (Å²) in [6, 6.07) is 5.53. The molecule has 0 spiro atoms. The second kappa shape index (κ2) is 6.64. The first kappa shape index (κ1) is 14.8. The maximum atomic E-state index is 11.9. The Morgan fingerprint density at radius 1 is 1.39 bits per heavy atom. The van der Waals surface area contributed by atoms with Crippen LogP contribution in [0, 0.1) is 6.92 Å². The molecule has 1 aromatic carbocycles. The Labute approximate surface area is 114 Å². The van der Waals surface area contributed by atoms with Crippen LogP contribution in [0.1, 0.15) is 32.8 Å². The second-order valence-electron chi connectivity index (χ2n) is 4.64. The molecule has 2 N–H and O–H groups in total. The molecule has 0 radical (unpaired) electrons. The third kappa shape index (κ3) is 4.22. The molecule has 18 heavy (non-hydrogen) atoms. The van der Waals surface area contributed by atoms with Crippen LogP contribution >= 0.6 is 11.6 Å². The van der Waals surface area contributed by atoms with Gasteiger partial charge < -0.3 is 10.6 Å². The predicted molar refractivity (Wildman–Crippen MR) is 77.2 cm³/mol. The van der Waals surface area contributed by atoms with Crippen LogP contribution in [0.15, 0.2) is 18.2 Å². The van der Waals surface area contributed by atoms with Crippen molar-refractivity contribution in [1.29, 1.82) is 0 Å². The van der Waals surface area contributed by atoms with Crippen molar-refractivity contribution < 1.29 is 4.79 Å². The molecule has 100 valence electrons. The van der Waals surface area contributed by atoms with Crippen LogP contribution in [0.4, 0.5) is 5.69 Å². The first-order valence-corrected chi connectivity index (χ1v) is 6.65. The van der Waals surface area contributed by atoms with Crippen molar-refractivity contribution in [3.63, 3.8) is 0 Å². The number of halogens is 1. The summed E-state index contributed by atoms with van der Waals surface area (Å²) >= 11 is 5.95. The zero-order chi connectivity index (χ0) is 13.7. The van der Waals surface area contributed by atoms with E-state index in [0.29, 0.717) is 5.02 Å². The van der Waals surface area contributed by atoms with Crippen LogP contribution in [-0.2, 0) is 4.79 Å². The number of nitrogens with one attached hydrogen (secondary N) is 2. The Hall–Kier alpha value is -1.22. The van der Waals surface area contributed by atoms with Gasteiger partial charge in [-0.1, -0.05) is 24.6 Å². The maximum Gasteiger partial charge on any atom is 0.242 e. The molecule has 0 saturated heterocycles. The van der Waals surface area contributed by atoms with Gasteiger partial charge in [-0.05, 0) is 44.9 Å². The lowest BCUT2D eigenvalue weighted by Crippen LogP contribution is -2.41. The minimum Gasteiger partial charge on any atom is -0.374 e. The standard InChI is InChI=1S/C14H21ClN2O/c1-5-10(3)16-14(18)11(4)17-13-8-12(15)7-6-9(13)2/h6-8,10-11,17H,5H2,1-4H3,(H,16,18). The van der Waals surface area contributed by atoms with Crippen molar-refractivity contribution in [1.82, 2.24) is 5.32 Å². The SMILES string of the molecule is CCC(C)NC(=O)C(C)Nc1cc(Cl)ccc1C. The number of benzene rings is 1. The molecule has 0 bridgehead atoms. The fourth-order valence-corrected chi connectivity index (χ4v) is 1.69. The molecule has 4 heteroatoms. The Morgan fingerprint density at radius 3 is 2.67 bits per heavy atom. The Morgan fingerprint density at radius 2 is 2.06 bits per heavy atom. The average Bonchev–Trinajstić information content (AvgIpc) is 2.33. The number of amides is 1. The van der Waals surface area contributed by atoms with Crippen molar-refractivity contribution in [3.05, 3.63) is 28.8 Å². The van der Waals surface area contributed by atoms with E-state index in [0.717, 1.165) is 17.7 Å². The summed E-state index contributed by atoms with van der Waals surface area (Å²) in [5.41, 5.74) is 1.97. The summed E-state index contributed by atoms with van der Waals surface area (Å²) in [5, 5.41) is 6.80. The lowest BCUT2D eigenvalue weighted by Gasteiger charge is -2.19. The highest BCUT2D eigenvalue weighted by Crippen LogP contribution is 2.20. The fourth-order valence-electron chi connectivity index (χ4n) is 1.52. The molecule has 2 unspecified atom stereocenters. The van der Waals surface area contributed by atoms with E-state index in [2.05, 4.69) is 10.6 Å². The number of anilines is 1. The summed E-state index contributed by atoms with van der Waals surface area (Å²) in [5.74, 6) is 0.00345. The quantitative estimate of drug-likeness (QED) is 0.860. The minimum absolute atomic E-state index is 0.00345. The summed E-state index contributed by atoms with van der Waals surface area (Å²) in [6.45, 7) is 7.87. The number of hydrogen-bond acceptors (Lipinski definition) is 2. The van der Waals surface area contributed by atoms with E-state index >= 15 is 0 Å². The van der Waals surface area contributed by atoms with Gasteiger partial charge in [0.25, 0.3) is 0 Å². The molecule has 3 nitrogen and oxygen atoms in total.